The van der Waals surface area contributed by atoms with Gasteiger partial charge in [0.15, 0.2) is 6.61 Å². The fourth-order valence-corrected chi connectivity index (χ4v) is 3.24. The van der Waals surface area contributed by atoms with Gasteiger partial charge in [-0.25, -0.2) is 0 Å². The molecule has 1 aliphatic heterocycles. The number of benzene rings is 1. The molecule has 2 fully saturated rings. The lowest BCUT2D eigenvalue weighted by Gasteiger charge is -2.37. The van der Waals surface area contributed by atoms with E-state index in [9.17, 15) is 9.59 Å². The first-order valence-corrected chi connectivity index (χ1v) is 9.61. The summed E-state index contributed by atoms with van der Waals surface area (Å²) in [6.07, 6.45) is 3.08. The van der Waals surface area contributed by atoms with E-state index in [1.165, 1.54) is 0 Å². The number of carbonyl (C=O) groups is 2. The highest BCUT2D eigenvalue weighted by Gasteiger charge is 2.30. The maximum Gasteiger partial charge on any atom is 0.260 e. The van der Waals surface area contributed by atoms with Gasteiger partial charge in [0, 0.05) is 32.2 Å². The third kappa shape index (κ3) is 4.75. The van der Waals surface area contributed by atoms with Crippen LogP contribution in [0.3, 0.4) is 0 Å². The minimum Gasteiger partial charge on any atom is -0.483 e. The largest absolute Gasteiger partial charge is 0.483 e. The Bertz CT molecular complexity index is 637. The van der Waals surface area contributed by atoms with Gasteiger partial charge >= 0.3 is 0 Å². The smallest absolute Gasteiger partial charge is 0.260 e. The molecule has 3 rings (SSSR count). The highest BCUT2D eigenvalue weighted by atomic mass is 16.5. The Morgan fingerprint density at radius 3 is 2.54 bits per heavy atom. The van der Waals surface area contributed by atoms with Crippen LogP contribution in [0.5, 0.6) is 5.75 Å². The van der Waals surface area contributed by atoms with Gasteiger partial charge in [-0.05, 0) is 37.8 Å². The van der Waals surface area contributed by atoms with E-state index >= 15 is 0 Å². The van der Waals surface area contributed by atoms with Crippen molar-refractivity contribution < 1.29 is 14.3 Å². The van der Waals surface area contributed by atoms with Crippen LogP contribution >= 0.6 is 0 Å². The first-order valence-electron chi connectivity index (χ1n) is 9.61. The Morgan fingerprint density at radius 2 is 1.88 bits per heavy atom. The highest BCUT2D eigenvalue weighted by Crippen LogP contribution is 2.20. The fourth-order valence-electron chi connectivity index (χ4n) is 3.24. The molecule has 26 heavy (non-hydrogen) atoms. The molecule has 1 saturated heterocycles. The zero-order valence-electron chi connectivity index (χ0n) is 15.7. The summed E-state index contributed by atoms with van der Waals surface area (Å²) in [5.41, 5.74) is 1.11. The van der Waals surface area contributed by atoms with Crippen molar-refractivity contribution in [1.29, 1.82) is 0 Å². The van der Waals surface area contributed by atoms with Crippen LogP contribution in [0.4, 0.5) is 0 Å². The van der Waals surface area contributed by atoms with Crippen molar-refractivity contribution in [3.05, 3.63) is 29.8 Å². The predicted molar refractivity (Wildman–Crippen MR) is 100 cm³/mol. The number of amides is 2. The van der Waals surface area contributed by atoms with Gasteiger partial charge in [-0.1, -0.05) is 25.1 Å². The summed E-state index contributed by atoms with van der Waals surface area (Å²) in [6.45, 7) is 6.79. The van der Waals surface area contributed by atoms with Gasteiger partial charge in [0.2, 0.25) is 5.91 Å². The third-order valence-corrected chi connectivity index (χ3v) is 5.22. The summed E-state index contributed by atoms with van der Waals surface area (Å²) in [5, 5.41) is 3.05. The Morgan fingerprint density at radius 1 is 1.19 bits per heavy atom. The Kier molecular flexibility index (Phi) is 6.14. The lowest BCUT2D eigenvalue weighted by atomic mass is 10.1. The van der Waals surface area contributed by atoms with Crippen LogP contribution in [0.1, 0.15) is 32.3 Å². The summed E-state index contributed by atoms with van der Waals surface area (Å²) >= 11 is 0. The van der Waals surface area contributed by atoms with E-state index in [0.29, 0.717) is 19.1 Å². The van der Waals surface area contributed by atoms with Crippen LogP contribution in [0.25, 0.3) is 0 Å². The summed E-state index contributed by atoms with van der Waals surface area (Å²) in [7, 11) is 0. The Hall–Kier alpha value is -2.08. The Labute approximate surface area is 155 Å². The van der Waals surface area contributed by atoms with Crippen LogP contribution in [0, 0.1) is 0 Å². The van der Waals surface area contributed by atoms with Gasteiger partial charge in [0.25, 0.3) is 5.91 Å². The topological polar surface area (TPSA) is 61.9 Å². The second-order valence-corrected chi connectivity index (χ2v) is 7.13. The normalized spacial score (nSPS) is 19.1. The SMILES string of the molecule is CCc1ccccc1OCC(=O)N1CCN(C(C)C(=O)NC2CC2)CC1. The molecule has 1 aromatic rings. The molecule has 6 nitrogen and oxygen atoms in total. The molecule has 142 valence electrons. The molecule has 1 unspecified atom stereocenters. The first-order chi connectivity index (χ1) is 12.6. The molecule has 0 radical (unpaired) electrons. The van der Waals surface area contributed by atoms with Crippen LogP contribution in [-0.4, -0.2) is 66.5 Å². The van der Waals surface area contributed by atoms with Crippen LogP contribution < -0.4 is 10.1 Å². The molecule has 1 aliphatic carbocycles. The van der Waals surface area contributed by atoms with E-state index in [1.54, 1.807) is 0 Å². The lowest BCUT2D eigenvalue weighted by Crippen LogP contribution is -2.55. The van der Waals surface area contributed by atoms with Crippen molar-refractivity contribution in [1.82, 2.24) is 15.1 Å². The number of para-hydroxylation sites is 1. The molecule has 1 heterocycles. The monoisotopic (exact) mass is 359 g/mol. The van der Waals surface area contributed by atoms with Crippen molar-refractivity contribution >= 4 is 11.8 Å². The summed E-state index contributed by atoms with van der Waals surface area (Å²) < 4.78 is 5.74. The van der Waals surface area contributed by atoms with Gasteiger partial charge in [-0.3, -0.25) is 14.5 Å². The van der Waals surface area contributed by atoms with E-state index in [0.717, 1.165) is 43.7 Å². The number of piperazine rings is 1. The van der Waals surface area contributed by atoms with Crippen molar-refractivity contribution in [3.8, 4) is 5.75 Å². The van der Waals surface area contributed by atoms with E-state index in [2.05, 4.69) is 17.1 Å². The molecule has 2 aliphatic rings. The highest BCUT2D eigenvalue weighted by molar-refractivity contribution is 5.82. The van der Waals surface area contributed by atoms with Gasteiger partial charge in [-0.2, -0.15) is 0 Å². The first kappa shape index (κ1) is 18.7. The molecule has 1 atom stereocenters. The number of rotatable bonds is 7. The van der Waals surface area contributed by atoms with E-state index in [4.69, 9.17) is 4.74 Å². The number of hydrogen-bond acceptors (Lipinski definition) is 4. The summed E-state index contributed by atoms with van der Waals surface area (Å²) in [6, 6.07) is 8.08. The minimum atomic E-state index is -0.138. The van der Waals surface area contributed by atoms with Crippen LogP contribution in [-0.2, 0) is 16.0 Å². The molecule has 0 aromatic heterocycles. The van der Waals surface area contributed by atoms with Gasteiger partial charge in [0.05, 0.1) is 6.04 Å². The van der Waals surface area contributed by atoms with Gasteiger partial charge in [0.1, 0.15) is 5.75 Å². The minimum absolute atomic E-state index is 0.00522. The number of carbonyl (C=O) groups excluding carboxylic acids is 2. The molecular weight excluding hydrogens is 330 g/mol. The maximum absolute atomic E-state index is 12.4. The number of hydrogen-bond donors (Lipinski definition) is 1. The Balaban J connectivity index is 1.43. The summed E-state index contributed by atoms with van der Waals surface area (Å²) in [5.74, 6) is 0.893. The molecule has 1 N–H and O–H groups in total. The number of aryl methyl sites for hydroxylation is 1. The molecule has 0 spiro atoms. The second-order valence-electron chi connectivity index (χ2n) is 7.13. The fraction of sp³-hybridized carbons (Fsp3) is 0.600. The molecule has 0 bridgehead atoms. The van der Waals surface area contributed by atoms with Crippen molar-refractivity contribution in [2.24, 2.45) is 0 Å². The van der Waals surface area contributed by atoms with E-state index in [1.807, 2.05) is 36.1 Å². The van der Waals surface area contributed by atoms with Crippen molar-refractivity contribution in [2.45, 2.75) is 45.2 Å². The standard InChI is InChI=1S/C20H29N3O3/c1-3-16-6-4-5-7-18(16)26-14-19(24)23-12-10-22(11-13-23)15(2)20(25)21-17-8-9-17/h4-7,15,17H,3,8-14H2,1-2H3,(H,21,25). The zero-order chi connectivity index (χ0) is 18.5. The number of nitrogens with one attached hydrogen (secondary N) is 1. The van der Waals surface area contributed by atoms with E-state index in [-0.39, 0.29) is 24.5 Å². The average Bonchev–Trinajstić information content (AvgIpc) is 3.49. The van der Waals surface area contributed by atoms with Crippen molar-refractivity contribution in [2.75, 3.05) is 32.8 Å². The van der Waals surface area contributed by atoms with E-state index < -0.39 is 0 Å². The second kappa shape index (κ2) is 8.54. The molecule has 1 saturated carbocycles. The van der Waals surface area contributed by atoms with Crippen molar-refractivity contribution in [3.63, 3.8) is 0 Å². The molecule has 6 heteroatoms. The molecular formula is C20H29N3O3. The quantitative estimate of drug-likeness (QED) is 0.800. The van der Waals surface area contributed by atoms with Gasteiger partial charge in [-0.15, -0.1) is 0 Å². The average molecular weight is 359 g/mol. The summed E-state index contributed by atoms with van der Waals surface area (Å²) in [4.78, 5) is 28.6. The van der Waals surface area contributed by atoms with Gasteiger partial charge < -0.3 is 15.0 Å². The maximum atomic E-state index is 12.4. The molecule has 1 aromatic carbocycles. The number of nitrogens with zero attached hydrogens (tertiary/aromatic N) is 2. The third-order valence-electron chi connectivity index (χ3n) is 5.22. The molecule has 2 amide bonds. The van der Waals surface area contributed by atoms with Crippen LogP contribution in [0.15, 0.2) is 24.3 Å². The van der Waals surface area contributed by atoms with Crippen LogP contribution in [0.2, 0.25) is 0 Å². The lowest BCUT2D eigenvalue weighted by molar-refractivity contribution is -0.136. The number of ether oxygens (including phenoxy) is 1. The zero-order valence-corrected chi connectivity index (χ0v) is 15.7. The predicted octanol–water partition coefficient (Wildman–Crippen LogP) is 1.44.